The molecule has 0 radical (unpaired) electrons. The summed E-state index contributed by atoms with van der Waals surface area (Å²) in [5.41, 5.74) is 6.72. The molecule has 0 spiro atoms. The quantitative estimate of drug-likeness (QED) is 0.360. The predicted octanol–water partition coefficient (Wildman–Crippen LogP) is 2.08. The Morgan fingerprint density at radius 1 is 1.25 bits per heavy atom. The van der Waals surface area contributed by atoms with E-state index in [4.69, 9.17) is 10.5 Å². The molecule has 4 rings (SSSR count). The second-order valence-electron chi connectivity index (χ2n) is 7.51. The lowest BCUT2D eigenvalue weighted by molar-refractivity contribution is -0.0361. The van der Waals surface area contributed by atoms with Gasteiger partial charge in [-0.2, -0.15) is 5.10 Å². The van der Waals surface area contributed by atoms with Crippen molar-refractivity contribution in [3.05, 3.63) is 47.4 Å². The molecule has 0 saturated carbocycles. The zero-order chi connectivity index (χ0) is 23.0. The number of hydrogen-bond donors (Lipinski definition) is 5. The normalized spacial score (nSPS) is 22.5. The lowest BCUT2D eigenvalue weighted by Crippen LogP contribution is -2.27. The second kappa shape index (κ2) is 9.08. The molecule has 1 aliphatic rings. The van der Waals surface area contributed by atoms with Crippen molar-refractivity contribution in [3.8, 4) is 10.6 Å². The Labute approximate surface area is 186 Å². The number of hydrogen-bond acceptors (Lipinski definition) is 9. The molecule has 12 heteroatoms. The average molecular weight is 467 g/mol. The van der Waals surface area contributed by atoms with Gasteiger partial charge in [0, 0.05) is 7.05 Å². The molecule has 172 valence electrons. The standard InChI is InChI=1S/C20H23F2N5O4S/c1-27-17(14-6-5-12(28)13(29)8-31-14)11(7-24-27)25-19(30)16-18(23)32-20(26-16)15-9(21)3-2-4-10(15)22/h2-4,7,12-14,19,25,28-30H,5-6,8,23H2,1H3/t12-,13+,14?,19?/m1/s1. The maximum atomic E-state index is 14.1. The van der Waals surface area contributed by atoms with Crippen LogP contribution in [0.1, 0.15) is 36.6 Å². The molecule has 9 nitrogen and oxygen atoms in total. The van der Waals surface area contributed by atoms with Crippen LogP contribution in [0, 0.1) is 11.6 Å². The summed E-state index contributed by atoms with van der Waals surface area (Å²) in [6, 6.07) is 3.49. The Kier molecular flexibility index (Phi) is 6.40. The van der Waals surface area contributed by atoms with Crippen LogP contribution in [0.3, 0.4) is 0 Å². The van der Waals surface area contributed by atoms with E-state index in [9.17, 15) is 24.1 Å². The van der Waals surface area contributed by atoms with Gasteiger partial charge in [0.25, 0.3) is 0 Å². The van der Waals surface area contributed by atoms with Crippen LogP contribution >= 0.6 is 11.3 Å². The third kappa shape index (κ3) is 4.32. The van der Waals surface area contributed by atoms with Crippen molar-refractivity contribution in [2.24, 2.45) is 7.05 Å². The van der Waals surface area contributed by atoms with Crippen LogP contribution in [-0.2, 0) is 11.8 Å². The molecule has 4 atom stereocenters. The molecule has 2 unspecified atom stereocenters. The van der Waals surface area contributed by atoms with Crippen LogP contribution < -0.4 is 11.1 Å². The summed E-state index contributed by atoms with van der Waals surface area (Å²) in [4.78, 5) is 4.16. The summed E-state index contributed by atoms with van der Waals surface area (Å²) in [5.74, 6) is -1.56. The van der Waals surface area contributed by atoms with Gasteiger partial charge < -0.3 is 31.1 Å². The highest BCUT2D eigenvalue weighted by Crippen LogP contribution is 2.37. The van der Waals surface area contributed by atoms with Crippen LogP contribution in [0.25, 0.3) is 10.6 Å². The summed E-state index contributed by atoms with van der Waals surface area (Å²) in [6.45, 7) is -0.0460. The van der Waals surface area contributed by atoms with Gasteiger partial charge in [-0.25, -0.2) is 13.8 Å². The van der Waals surface area contributed by atoms with Crippen molar-refractivity contribution >= 4 is 22.0 Å². The number of nitrogens with zero attached hydrogens (tertiary/aromatic N) is 3. The van der Waals surface area contributed by atoms with Crippen molar-refractivity contribution in [2.75, 3.05) is 17.7 Å². The Morgan fingerprint density at radius 2 is 1.97 bits per heavy atom. The number of ether oxygens (including phenoxy) is 1. The van der Waals surface area contributed by atoms with Crippen LogP contribution in [0.15, 0.2) is 24.4 Å². The van der Waals surface area contributed by atoms with Crippen LogP contribution in [0.5, 0.6) is 0 Å². The highest BCUT2D eigenvalue weighted by atomic mass is 32.1. The summed E-state index contributed by atoms with van der Waals surface area (Å²) >= 11 is 0.861. The molecule has 1 saturated heterocycles. The number of rotatable bonds is 5. The van der Waals surface area contributed by atoms with E-state index in [0.29, 0.717) is 24.2 Å². The minimum atomic E-state index is -1.39. The molecule has 0 aliphatic carbocycles. The molecule has 3 aromatic rings. The number of nitrogen functional groups attached to an aromatic ring is 1. The summed E-state index contributed by atoms with van der Waals surface area (Å²) in [5, 5.41) is 37.6. The number of anilines is 2. The molecule has 0 bridgehead atoms. The van der Waals surface area contributed by atoms with Gasteiger partial charge in [0.2, 0.25) is 0 Å². The number of benzene rings is 1. The lowest BCUT2D eigenvalue weighted by Gasteiger charge is -2.19. The fourth-order valence-electron chi connectivity index (χ4n) is 3.64. The first-order chi connectivity index (χ1) is 15.3. The highest BCUT2D eigenvalue weighted by molar-refractivity contribution is 7.18. The molecule has 3 heterocycles. The zero-order valence-electron chi connectivity index (χ0n) is 17.1. The third-order valence-corrected chi connectivity index (χ3v) is 6.25. The fraction of sp³-hybridized carbons (Fsp3) is 0.400. The molecule has 6 N–H and O–H groups in total. The highest BCUT2D eigenvalue weighted by Gasteiger charge is 2.30. The van der Waals surface area contributed by atoms with E-state index in [1.807, 2.05) is 0 Å². The largest absolute Gasteiger partial charge is 0.390 e. The Morgan fingerprint density at radius 3 is 2.69 bits per heavy atom. The Balaban J connectivity index is 1.58. The fourth-order valence-corrected chi connectivity index (χ4v) is 4.55. The zero-order valence-corrected chi connectivity index (χ0v) is 17.9. The molecular weight excluding hydrogens is 444 g/mol. The van der Waals surface area contributed by atoms with Crippen LogP contribution in [-0.4, -0.2) is 48.9 Å². The van der Waals surface area contributed by atoms with E-state index in [-0.39, 0.29) is 27.9 Å². The molecule has 1 aromatic carbocycles. The molecule has 1 fully saturated rings. The van der Waals surface area contributed by atoms with E-state index < -0.39 is 36.2 Å². The smallest absolute Gasteiger partial charge is 0.171 e. The number of aliphatic hydroxyl groups is 3. The monoisotopic (exact) mass is 467 g/mol. The number of thiazole rings is 1. The van der Waals surface area contributed by atoms with Gasteiger partial charge in [0.1, 0.15) is 39.5 Å². The van der Waals surface area contributed by atoms with E-state index in [2.05, 4.69) is 15.4 Å². The molecule has 32 heavy (non-hydrogen) atoms. The van der Waals surface area contributed by atoms with Gasteiger partial charge in [-0.05, 0) is 25.0 Å². The molecule has 2 aromatic heterocycles. The first-order valence-electron chi connectivity index (χ1n) is 9.91. The maximum absolute atomic E-state index is 14.1. The maximum Gasteiger partial charge on any atom is 0.171 e. The van der Waals surface area contributed by atoms with E-state index in [1.165, 1.54) is 12.3 Å². The average Bonchev–Trinajstić information content (AvgIpc) is 3.25. The van der Waals surface area contributed by atoms with Gasteiger partial charge in [0.05, 0.1) is 35.9 Å². The minimum Gasteiger partial charge on any atom is -0.390 e. The molecule has 1 aliphatic heterocycles. The summed E-state index contributed by atoms with van der Waals surface area (Å²) in [6.07, 6.45) is -1.50. The lowest BCUT2D eigenvalue weighted by atomic mass is 10.1. The number of aromatic nitrogens is 3. The van der Waals surface area contributed by atoms with Gasteiger partial charge >= 0.3 is 0 Å². The van der Waals surface area contributed by atoms with Gasteiger partial charge in [-0.3, -0.25) is 4.68 Å². The Hall–Kier alpha value is -2.64. The predicted molar refractivity (Wildman–Crippen MR) is 114 cm³/mol. The number of nitrogens with one attached hydrogen (secondary N) is 1. The van der Waals surface area contributed by atoms with Crippen molar-refractivity contribution < 1.29 is 28.8 Å². The molecular formula is C20H23F2N5O4S. The number of aliphatic hydroxyl groups excluding tert-OH is 3. The van der Waals surface area contributed by atoms with Crippen molar-refractivity contribution in [3.63, 3.8) is 0 Å². The number of aryl methyl sites for hydroxylation is 1. The minimum absolute atomic E-state index is 0.00966. The molecule has 0 amide bonds. The topological polar surface area (TPSA) is 139 Å². The van der Waals surface area contributed by atoms with Crippen molar-refractivity contribution in [1.82, 2.24) is 14.8 Å². The van der Waals surface area contributed by atoms with Crippen LogP contribution in [0.4, 0.5) is 19.5 Å². The van der Waals surface area contributed by atoms with E-state index in [0.717, 1.165) is 23.5 Å². The second-order valence-corrected chi connectivity index (χ2v) is 8.54. The van der Waals surface area contributed by atoms with Crippen molar-refractivity contribution in [2.45, 2.75) is 37.4 Å². The van der Waals surface area contributed by atoms with E-state index >= 15 is 0 Å². The third-order valence-electron chi connectivity index (χ3n) is 5.34. The summed E-state index contributed by atoms with van der Waals surface area (Å²) in [7, 11) is 1.70. The number of halogens is 2. The van der Waals surface area contributed by atoms with Gasteiger partial charge in [0.15, 0.2) is 6.23 Å². The first kappa shape index (κ1) is 22.6. The van der Waals surface area contributed by atoms with Crippen LogP contribution in [0.2, 0.25) is 0 Å². The number of nitrogens with two attached hydrogens (primary N) is 1. The first-order valence-corrected chi connectivity index (χ1v) is 10.7. The van der Waals surface area contributed by atoms with Gasteiger partial charge in [-0.1, -0.05) is 17.4 Å². The SMILES string of the molecule is Cn1ncc(NC(O)c2nc(-c3c(F)cccc3F)sc2N)c1C1CC[C@@H](O)[C@@H](O)CO1. The van der Waals surface area contributed by atoms with E-state index in [1.54, 1.807) is 11.7 Å². The van der Waals surface area contributed by atoms with Crippen molar-refractivity contribution in [1.29, 1.82) is 0 Å². The van der Waals surface area contributed by atoms with Gasteiger partial charge in [-0.15, -0.1) is 0 Å². The Bertz CT molecular complexity index is 1080. The summed E-state index contributed by atoms with van der Waals surface area (Å²) < 4.78 is 35.5.